The molecule has 3 nitrogen and oxygen atoms in total. The second kappa shape index (κ2) is 5.63. The second-order valence-electron chi connectivity index (χ2n) is 3.31. The number of nitrogens with zero attached hydrogens (tertiary/aromatic N) is 2. The number of rotatable bonds is 4. The van der Waals surface area contributed by atoms with Crippen molar-refractivity contribution in [3.05, 3.63) is 54.6 Å². The first kappa shape index (κ1) is 11.1. The molecule has 1 atom stereocenters. The van der Waals surface area contributed by atoms with Crippen LogP contribution < -0.4 is 0 Å². The number of aliphatic hydroxyl groups is 1. The molecule has 0 aliphatic heterocycles. The third-order valence-corrected chi connectivity index (χ3v) is 3.20. The molecule has 82 valence electrons. The van der Waals surface area contributed by atoms with Crippen molar-refractivity contribution in [1.29, 1.82) is 0 Å². The predicted molar refractivity (Wildman–Crippen MR) is 64.2 cm³/mol. The second-order valence-corrected chi connectivity index (χ2v) is 4.41. The Hall–Kier alpha value is -1.39. The Morgan fingerprint density at radius 1 is 1.12 bits per heavy atom. The molecule has 0 aliphatic rings. The Balaban J connectivity index is 1.92. The summed E-state index contributed by atoms with van der Waals surface area (Å²) < 4.78 is 0. The van der Waals surface area contributed by atoms with Gasteiger partial charge in [0.15, 0.2) is 0 Å². The lowest BCUT2D eigenvalue weighted by Crippen LogP contribution is -2.01. The third kappa shape index (κ3) is 3.05. The highest BCUT2D eigenvalue weighted by Gasteiger charge is 2.08. The minimum atomic E-state index is -0.522. The van der Waals surface area contributed by atoms with E-state index in [-0.39, 0.29) is 0 Å². The molecule has 0 fully saturated rings. The van der Waals surface area contributed by atoms with Crippen LogP contribution in [0.15, 0.2) is 53.9 Å². The molecular formula is C12H12N2OS. The van der Waals surface area contributed by atoms with Gasteiger partial charge >= 0.3 is 0 Å². The fourth-order valence-electron chi connectivity index (χ4n) is 1.27. The number of aromatic nitrogens is 2. The zero-order valence-electron chi connectivity index (χ0n) is 8.65. The Morgan fingerprint density at radius 2 is 1.81 bits per heavy atom. The summed E-state index contributed by atoms with van der Waals surface area (Å²) in [7, 11) is 0. The summed E-state index contributed by atoms with van der Waals surface area (Å²) in [5.74, 6) is 0.609. The van der Waals surface area contributed by atoms with E-state index < -0.39 is 6.10 Å². The van der Waals surface area contributed by atoms with Gasteiger partial charge in [-0.05, 0) is 12.1 Å². The molecule has 2 rings (SSSR count). The lowest BCUT2D eigenvalue weighted by molar-refractivity contribution is 0.203. The van der Waals surface area contributed by atoms with Crippen molar-refractivity contribution < 1.29 is 5.11 Å². The quantitative estimate of drug-likeness (QED) is 0.822. The maximum Gasteiger partial charge on any atom is 0.115 e. The highest BCUT2D eigenvalue weighted by molar-refractivity contribution is 7.99. The highest BCUT2D eigenvalue weighted by Crippen LogP contribution is 2.23. The van der Waals surface area contributed by atoms with Crippen molar-refractivity contribution in [2.45, 2.75) is 11.0 Å². The van der Waals surface area contributed by atoms with Crippen LogP contribution in [0.1, 0.15) is 11.7 Å². The smallest absolute Gasteiger partial charge is 0.115 e. The van der Waals surface area contributed by atoms with Gasteiger partial charge in [-0.3, -0.25) is 0 Å². The van der Waals surface area contributed by atoms with Gasteiger partial charge < -0.3 is 5.11 Å². The standard InChI is InChI=1S/C12H12N2OS/c15-12(10-6-13-9-14-7-10)8-16-11-4-2-1-3-5-11/h1-7,9,12,15H,8H2. The van der Waals surface area contributed by atoms with Crippen LogP contribution in [0.4, 0.5) is 0 Å². The van der Waals surface area contributed by atoms with Crippen molar-refractivity contribution in [2.24, 2.45) is 0 Å². The Labute approximate surface area is 98.6 Å². The van der Waals surface area contributed by atoms with E-state index in [4.69, 9.17) is 0 Å². The van der Waals surface area contributed by atoms with E-state index in [0.717, 1.165) is 10.5 Å². The van der Waals surface area contributed by atoms with E-state index >= 15 is 0 Å². The van der Waals surface area contributed by atoms with Gasteiger partial charge in [-0.2, -0.15) is 0 Å². The molecule has 1 aromatic heterocycles. The molecule has 0 spiro atoms. The van der Waals surface area contributed by atoms with Gasteiger partial charge in [0.05, 0.1) is 6.10 Å². The van der Waals surface area contributed by atoms with Crippen molar-refractivity contribution in [3.8, 4) is 0 Å². The van der Waals surface area contributed by atoms with Crippen molar-refractivity contribution >= 4 is 11.8 Å². The van der Waals surface area contributed by atoms with E-state index in [9.17, 15) is 5.11 Å². The number of thioether (sulfide) groups is 1. The molecule has 0 saturated carbocycles. The van der Waals surface area contributed by atoms with Gasteiger partial charge in [-0.25, -0.2) is 9.97 Å². The molecule has 0 aliphatic carbocycles. The lowest BCUT2D eigenvalue weighted by atomic mass is 10.2. The molecule has 4 heteroatoms. The van der Waals surface area contributed by atoms with Crippen molar-refractivity contribution in [1.82, 2.24) is 9.97 Å². The average Bonchev–Trinajstić information content (AvgIpc) is 2.38. The average molecular weight is 232 g/mol. The minimum Gasteiger partial charge on any atom is -0.387 e. The van der Waals surface area contributed by atoms with Crippen LogP contribution in [-0.2, 0) is 0 Å². The number of hydrogen-bond donors (Lipinski definition) is 1. The molecule has 0 radical (unpaired) electrons. The van der Waals surface area contributed by atoms with Crippen LogP contribution in [0, 0.1) is 0 Å². The zero-order valence-corrected chi connectivity index (χ0v) is 9.47. The first-order chi connectivity index (χ1) is 7.86. The van der Waals surface area contributed by atoms with Gasteiger partial charge in [0, 0.05) is 28.6 Å². The van der Waals surface area contributed by atoms with E-state index in [0.29, 0.717) is 5.75 Å². The summed E-state index contributed by atoms with van der Waals surface area (Å²) >= 11 is 1.62. The van der Waals surface area contributed by atoms with Crippen LogP contribution in [0.2, 0.25) is 0 Å². The summed E-state index contributed by atoms with van der Waals surface area (Å²) in [6.45, 7) is 0. The molecule has 1 unspecified atom stereocenters. The fourth-order valence-corrected chi connectivity index (χ4v) is 2.16. The molecule has 0 saturated heterocycles. The van der Waals surface area contributed by atoms with E-state index in [1.165, 1.54) is 6.33 Å². The van der Waals surface area contributed by atoms with Crippen molar-refractivity contribution in [2.75, 3.05) is 5.75 Å². The lowest BCUT2D eigenvalue weighted by Gasteiger charge is -2.09. The minimum absolute atomic E-state index is 0.522. The summed E-state index contributed by atoms with van der Waals surface area (Å²) in [5, 5.41) is 9.88. The van der Waals surface area contributed by atoms with Gasteiger partial charge in [0.1, 0.15) is 6.33 Å². The monoisotopic (exact) mass is 232 g/mol. The topological polar surface area (TPSA) is 46.0 Å². The van der Waals surface area contributed by atoms with E-state index in [1.54, 1.807) is 24.2 Å². The van der Waals surface area contributed by atoms with Gasteiger partial charge in [0.25, 0.3) is 0 Å². The summed E-state index contributed by atoms with van der Waals surface area (Å²) in [6.07, 6.45) is 4.22. The molecule has 1 aromatic carbocycles. The van der Waals surface area contributed by atoms with Gasteiger partial charge in [-0.1, -0.05) is 18.2 Å². The fraction of sp³-hybridized carbons (Fsp3) is 0.167. The molecule has 0 amide bonds. The summed E-state index contributed by atoms with van der Waals surface area (Å²) in [4.78, 5) is 8.91. The maximum absolute atomic E-state index is 9.88. The van der Waals surface area contributed by atoms with E-state index in [2.05, 4.69) is 9.97 Å². The number of aliphatic hydroxyl groups excluding tert-OH is 1. The maximum atomic E-state index is 9.88. The molecule has 1 heterocycles. The molecule has 2 aromatic rings. The molecule has 1 N–H and O–H groups in total. The van der Waals surface area contributed by atoms with Crippen LogP contribution in [0.25, 0.3) is 0 Å². The largest absolute Gasteiger partial charge is 0.387 e. The predicted octanol–water partition coefficient (Wildman–Crippen LogP) is 2.30. The number of benzene rings is 1. The zero-order chi connectivity index (χ0) is 11.2. The number of hydrogen-bond acceptors (Lipinski definition) is 4. The highest BCUT2D eigenvalue weighted by atomic mass is 32.2. The molecule has 0 bridgehead atoms. The summed E-state index contributed by atoms with van der Waals surface area (Å²) in [6, 6.07) is 10.0. The molecule has 16 heavy (non-hydrogen) atoms. The SMILES string of the molecule is OC(CSc1ccccc1)c1cncnc1. The van der Waals surface area contributed by atoms with Gasteiger partial charge in [-0.15, -0.1) is 11.8 Å². The Bertz CT molecular complexity index is 422. The third-order valence-electron chi connectivity index (χ3n) is 2.12. The first-order valence-corrected chi connectivity index (χ1v) is 5.95. The van der Waals surface area contributed by atoms with E-state index in [1.807, 2.05) is 30.3 Å². The van der Waals surface area contributed by atoms with Gasteiger partial charge in [0.2, 0.25) is 0 Å². The normalized spacial score (nSPS) is 12.3. The first-order valence-electron chi connectivity index (χ1n) is 4.97. The van der Waals surface area contributed by atoms with Crippen LogP contribution in [-0.4, -0.2) is 20.8 Å². The van der Waals surface area contributed by atoms with Crippen LogP contribution in [0.5, 0.6) is 0 Å². The Kier molecular flexibility index (Phi) is 3.91. The van der Waals surface area contributed by atoms with Crippen molar-refractivity contribution in [3.63, 3.8) is 0 Å². The van der Waals surface area contributed by atoms with Crippen LogP contribution >= 0.6 is 11.8 Å². The van der Waals surface area contributed by atoms with Crippen LogP contribution in [0.3, 0.4) is 0 Å². The Morgan fingerprint density at radius 3 is 2.50 bits per heavy atom. The molecular weight excluding hydrogens is 220 g/mol. The summed E-state index contributed by atoms with van der Waals surface area (Å²) in [5.41, 5.74) is 0.755.